The van der Waals surface area contributed by atoms with E-state index in [-0.39, 0.29) is 5.92 Å². The van der Waals surface area contributed by atoms with Crippen LogP contribution < -0.4 is 10.6 Å². The molecule has 30 heavy (non-hydrogen) atoms. The molecule has 1 amide bonds. The molecule has 1 aliphatic heterocycles. The lowest BCUT2D eigenvalue weighted by molar-refractivity contribution is -0.527. The number of carbonyl (C=O) groups excluding carboxylic acids is 1. The Hall–Kier alpha value is -2.69. The minimum Gasteiger partial charge on any atom is -0.467 e. The van der Waals surface area contributed by atoms with Crippen molar-refractivity contribution in [2.75, 3.05) is 0 Å². The summed E-state index contributed by atoms with van der Waals surface area (Å²) in [6.45, 7) is 3.80. The number of amides is 1. The Morgan fingerprint density at radius 1 is 1.27 bits per heavy atom. The highest BCUT2D eigenvalue weighted by Crippen LogP contribution is 2.40. The number of furan rings is 1. The third-order valence-corrected chi connectivity index (χ3v) is 5.40. The van der Waals surface area contributed by atoms with Gasteiger partial charge in [0.2, 0.25) is 11.9 Å². The molecule has 0 spiro atoms. The van der Waals surface area contributed by atoms with E-state index < -0.39 is 47.9 Å². The van der Waals surface area contributed by atoms with Crippen LogP contribution in [0.15, 0.2) is 53.1 Å². The predicted molar refractivity (Wildman–Crippen MR) is 110 cm³/mol. The van der Waals surface area contributed by atoms with Crippen LogP contribution in [0.1, 0.15) is 43.6 Å². The summed E-state index contributed by atoms with van der Waals surface area (Å²) in [5.74, 6) is -1.70. The second kappa shape index (κ2) is 9.42. The quantitative estimate of drug-likeness (QED) is 0.289. The Morgan fingerprint density at radius 3 is 2.50 bits per heavy atom. The van der Waals surface area contributed by atoms with Gasteiger partial charge in [-0.1, -0.05) is 44.2 Å². The predicted octanol–water partition coefficient (Wildman–Crippen LogP) is 1.26. The average molecular weight is 415 g/mol. The van der Waals surface area contributed by atoms with Crippen LogP contribution in [0.5, 0.6) is 0 Å². The minimum atomic E-state index is -1.74. The maximum absolute atomic E-state index is 13.2. The molecule has 1 fully saturated rings. The summed E-state index contributed by atoms with van der Waals surface area (Å²) in [5, 5.41) is 37.1. The molecule has 2 aromatic rings. The van der Waals surface area contributed by atoms with Crippen LogP contribution in [0.2, 0.25) is 0 Å². The molecule has 2 unspecified atom stereocenters. The molecule has 1 aliphatic rings. The van der Waals surface area contributed by atoms with E-state index in [4.69, 9.17) is 4.42 Å². The highest BCUT2D eigenvalue weighted by molar-refractivity contribution is 6.43. The highest BCUT2D eigenvalue weighted by Gasteiger charge is 2.55. The van der Waals surface area contributed by atoms with E-state index in [1.54, 1.807) is 42.5 Å². The summed E-state index contributed by atoms with van der Waals surface area (Å²) < 4.78 is 5.40. The molecular weight excluding hydrogens is 389 g/mol. The summed E-state index contributed by atoms with van der Waals surface area (Å²) in [5.41, 5.74) is 0.644. The van der Waals surface area contributed by atoms with Gasteiger partial charge in [0.05, 0.1) is 18.1 Å². The van der Waals surface area contributed by atoms with E-state index in [0.29, 0.717) is 17.7 Å². The number of benzene rings is 1. The number of nitro groups is 1. The lowest BCUT2D eigenvalue weighted by Crippen LogP contribution is -2.53. The summed E-state index contributed by atoms with van der Waals surface area (Å²) in [4.78, 5) is 24.8. The molecule has 0 saturated carbocycles. The van der Waals surface area contributed by atoms with Gasteiger partial charge in [0.15, 0.2) is 0 Å². The molecule has 0 aliphatic carbocycles. The Bertz CT molecular complexity index is 845. The molecule has 0 bridgehead atoms. The van der Waals surface area contributed by atoms with E-state index in [9.17, 15) is 25.0 Å². The van der Waals surface area contributed by atoms with E-state index in [2.05, 4.69) is 10.6 Å². The number of nitrogens with one attached hydrogen (secondary N) is 2. The fourth-order valence-corrected chi connectivity index (χ4v) is 4.11. The lowest BCUT2D eigenvalue weighted by atomic mass is 9.74. The second-order valence-electron chi connectivity index (χ2n) is 8.01. The van der Waals surface area contributed by atoms with Gasteiger partial charge in [-0.15, -0.1) is 0 Å². The van der Waals surface area contributed by atoms with Gasteiger partial charge in [-0.25, -0.2) is 0 Å². The zero-order chi connectivity index (χ0) is 21.8. The summed E-state index contributed by atoms with van der Waals surface area (Å²) in [6.07, 6.45) is 1.78. The van der Waals surface area contributed by atoms with Gasteiger partial charge in [-0.3, -0.25) is 20.2 Å². The molecule has 1 aromatic carbocycles. The van der Waals surface area contributed by atoms with Crippen molar-refractivity contribution in [2.45, 2.75) is 50.3 Å². The number of hydrogen-bond acceptors (Lipinski definition) is 7. The van der Waals surface area contributed by atoms with Gasteiger partial charge < -0.3 is 19.8 Å². The number of hydrogen-bond donors (Lipinski definition) is 4. The van der Waals surface area contributed by atoms with E-state index in [1.165, 1.54) is 6.26 Å². The number of rotatable bonds is 8. The smallest absolute Gasteiger partial charge is 0.467 e. The van der Waals surface area contributed by atoms with Crippen molar-refractivity contribution in [2.24, 2.45) is 5.92 Å². The monoisotopic (exact) mass is 415 g/mol. The van der Waals surface area contributed by atoms with Crippen molar-refractivity contribution in [1.82, 2.24) is 10.6 Å². The standard InChI is InChI=1S/C20H26BN3O6/c1-12(2)11-15(21(26)27)22-20(25)18-16(13-7-4-3-5-8-13)19(24(28)29)17(23-18)14-9-6-10-30-14/h3-10,12,15-19,23,26-27H,11H2,1-2H3,(H,22,25)/t15?,16?,17-,18-,19-/m1/s1. The van der Waals surface area contributed by atoms with Crippen molar-refractivity contribution in [1.29, 1.82) is 0 Å². The third kappa shape index (κ3) is 4.72. The van der Waals surface area contributed by atoms with Crippen molar-refractivity contribution in [3.05, 3.63) is 70.2 Å². The molecule has 10 heteroatoms. The summed E-state index contributed by atoms with van der Waals surface area (Å²) in [6, 6.07) is 9.20. The van der Waals surface area contributed by atoms with Crippen molar-refractivity contribution in [3.63, 3.8) is 0 Å². The first kappa shape index (κ1) is 22.0. The first-order valence-corrected chi connectivity index (χ1v) is 9.94. The highest BCUT2D eigenvalue weighted by atomic mass is 16.6. The molecule has 1 saturated heterocycles. The van der Waals surface area contributed by atoms with Crippen LogP contribution in [0, 0.1) is 16.0 Å². The Kier molecular flexibility index (Phi) is 6.91. The van der Waals surface area contributed by atoms with Gasteiger partial charge >= 0.3 is 7.12 Å². The normalized spacial score (nSPS) is 24.6. The van der Waals surface area contributed by atoms with Gasteiger partial charge in [-0.05, 0) is 30.0 Å². The summed E-state index contributed by atoms with van der Waals surface area (Å²) >= 11 is 0. The fourth-order valence-electron chi connectivity index (χ4n) is 4.11. The van der Waals surface area contributed by atoms with Crippen LogP contribution in [0.25, 0.3) is 0 Å². The van der Waals surface area contributed by atoms with Crippen LogP contribution >= 0.6 is 0 Å². The summed E-state index contributed by atoms with van der Waals surface area (Å²) in [7, 11) is -1.74. The van der Waals surface area contributed by atoms with Crippen LogP contribution in [0.4, 0.5) is 0 Å². The SMILES string of the molecule is CC(C)CC(NC(=O)[C@@H]1N[C@H](c2ccco2)[C@H]([N+](=O)[O-])C1c1ccccc1)B(O)O. The molecule has 2 heterocycles. The first-order chi connectivity index (χ1) is 14.3. The van der Waals surface area contributed by atoms with E-state index in [0.717, 1.165) is 0 Å². The molecule has 4 N–H and O–H groups in total. The number of carbonyl (C=O) groups is 1. The fraction of sp³-hybridized carbons (Fsp3) is 0.450. The first-order valence-electron chi connectivity index (χ1n) is 9.94. The van der Waals surface area contributed by atoms with Gasteiger partial charge in [0.25, 0.3) is 0 Å². The number of nitrogens with zero attached hydrogens (tertiary/aromatic N) is 1. The van der Waals surface area contributed by atoms with Crippen LogP contribution in [-0.4, -0.2) is 46.0 Å². The second-order valence-corrected chi connectivity index (χ2v) is 8.01. The van der Waals surface area contributed by atoms with Gasteiger partial charge in [0.1, 0.15) is 17.8 Å². The topological polar surface area (TPSA) is 138 Å². The molecule has 1 aromatic heterocycles. The zero-order valence-electron chi connectivity index (χ0n) is 16.8. The van der Waals surface area contributed by atoms with E-state index >= 15 is 0 Å². The van der Waals surface area contributed by atoms with Crippen molar-refractivity contribution >= 4 is 13.0 Å². The third-order valence-electron chi connectivity index (χ3n) is 5.40. The molecule has 160 valence electrons. The Morgan fingerprint density at radius 2 is 1.97 bits per heavy atom. The Balaban J connectivity index is 1.95. The largest absolute Gasteiger partial charge is 0.475 e. The van der Waals surface area contributed by atoms with Gasteiger partial charge in [0, 0.05) is 4.92 Å². The maximum atomic E-state index is 13.2. The minimum absolute atomic E-state index is 0.112. The van der Waals surface area contributed by atoms with Gasteiger partial charge in [-0.2, -0.15) is 0 Å². The molecule has 3 rings (SSSR count). The lowest BCUT2D eigenvalue weighted by Gasteiger charge is -2.24. The molecule has 9 nitrogen and oxygen atoms in total. The Labute approximate surface area is 174 Å². The molecule has 5 atom stereocenters. The van der Waals surface area contributed by atoms with Crippen molar-refractivity contribution in [3.8, 4) is 0 Å². The maximum Gasteiger partial charge on any atom is 0.475 e. The zero-order valence-corrected chi connectivity index (χ0v) is 16.8. The van der Waals surface area contributed by atoms with Crippen molar-refractivity contribution < 1.29 is 24.2 Å². The van der Waals surface area contributed by atoms with Crippen LogP contribution in [0.3, 0.4) is 0 Å². The molecule has 0 radical (unpaired) electrons. The van der Waals surface area contributed by atoms with E-state index in [1.807, 2.05) is 13.8 Å². The average Bonchev–Trinajstić information content (AvgIpc) is 3.35. The van der Waals surface area contributed by atoms with Crippen LogP contribution in [-0.2, 0) is 4.79 Å². The molecular formula is C20H26BN3O6.